The van der Waals surface area contributed by atoms with Gasteiger partial charge >= 0.3 is 0 Å². The van der Waals surface area contributed by atoms with E-state index >= 15 is 0 Å². The van der Waals surface area contributed by atoms with E-state index in [1.54, 1.807) is 36.4 Å². The predicted octanol–water partition coefficient (Wildman–Crippen LogP) is 4.46. The van der Waals surface area contributed by atoms with Gasteiger partial charge < -0.3 is 20.1 Å². The van der Waals surface area contributed by atoms with Crippen LogP contribution >= 0.6 is 24.0 Å². The smallest absolute Gasteiger partial charge is 0.255 e. The van der Waals surface area contributed by atoms with Crippen LogP contribution in [0, 0.1) is 0 Å². The van der Waals surface area contributed by atoms with Gasteiger partial charge in [0.1, 0.15) is 11.5 Å². The van der Waals surface area contributed by atoms with Crippen LogP contribution in [0.25, 0.3) is 0 Å². The van der Waals surface area contributed by atoms with Crippen LogP contribution in [0.3, 0.4) is 0 Å². The van der Waals surface area contributed by atoms with Crippen molar-refractivity contribution in [2.75, 3.05) is 44.5 Å². The molecular weight excluding hydrogens is 441 g/mol. The van der Waals surface area contributed by atoms with Crippen molar-refractivity contribution in [3.63, 3.8) is 0 Å². The van der Waals surface area contributed by atoms with Crippen LogP contribution in [0.15, 0.2) is 36.4 Å². The van der Waals surface area contributed by atoms with E-state index in [0.29, 0.717) is 40.0 Å². The van der Waals surface area contributed by atoms with Crippen molar-refractivity contribution >= 4 is 47.2 Å². The lowest BCUT2D eigenvalue weighted by molar-refractivity contribution is -0.117. The maximum absolute atomic E-state index is 12.6. The van der Waals surface area contributed by atoms with Gasteiger partial charge in [0.15, 0.2) is 0 Å². The molecule has 2 aromatic rings. The van der Waals surface area contributed by atoms with Crippen LogP contribution in [-0.4, -0.2) is 50.6 Å². The van der Waals surface area contributed by atoms with E-state index < -0.39 is 0 Å². The molecule has 0 saturated carbocycles. The average Bonchev–Trinajstić information content (AvgIpc) is 2.75. The van der Waals surface area contributed by atoms with E-state index in [1.807, 2.05) is 0 Å². The van der Waals surface area contributed by atoms with Crippen molar-refractivity contribution in [1.82, 2.24) is 4.90 Å². The highest BCUT2D eigenvalue weighted by molar-refractivity contribution is 6.30. The van der Waals surface area contributed by atoms with Gasteiger partial charge in [-0.25, -0.2) is 0 Å². The molecule has 1 fully saturated rings. The first-order valence-corrected chi connectivity index (χ1v) is 10.2. The summed E-state index contributed by atoms with van der Waals surface area (Å²) in [6, 6.07) is 9.84. The largest absolute Gasteiger partial charge is 0.494 e. The molecule has 0 radical (unpaired) electrons. The Bertz CT molecular complexity index is 900. The molecule has 168 valence electrons. The lowest BCUT2D eigenvalue weighted by atomic mass is 10.1. The summed E-state index contributed by atoms with van der Waals surface area (Å²) >= 11 is 5.88. The number of nitrogens with zero attached hydrogens (tertiary/aromatic N) is 1. The summed E-state index contributed by atoms with van der Waals surface area (Å²) in [5, 5.41) is 6.25. The highest BCUT2D eigenvalue weighted by Gasteiger charge is 2.18. The van der Waals surface area contributed by atoms with Gasteiger partial charge in [0.05, 0.1) is 32.1 Å². The quantitative estimate of drug-likeness (QED) is 0.628. The van der Waals surface area contributed by atoms with Gasteiger partial charge in [-0.15, -0.1) is 12.4 Å². The number of amides is 2. The van der Waals surface area contributed by atoms with Crippen LogP contribution in [-0.2, 0) is 4.79 Å². The molecule has 2 amide bonds. The molecule has 3 rings (SSSR count). The number of ether oxygens (including phenoxy) is 2. The van der Waals surface area contributed by atoms with Gasteiger partial charge in [-0.05, 0) is 50.2 Å². The molecule has 1 aliphatic rings. The Morgan fingerprint density at radius 2 is 1.48 bits per heavy atom. The minimum absolute atomic E-state index is 0. The van der Waals surface area contributed by atoms with E-state index in [4.69, 9.17) is 21.1 Å². The molecule has 0 aromatic heterocycles. The van der Waals surface area contributed by atoms with Crippen LogP contribution in [0.4, 0.5) is 11.4 Å². The van der Waals surface area contributed by atoms with Crippen molar-refractivity contribution in [2.24, 2.45) is 0 Å². The van der Waals surface area contributed by atoms with Crippen molar-refractivity contribution < 1.29 is 19.1 Å². The van der Waals surface area contributed by atoms with Crippen LogP contribution < -0.4 is 20.1 Å². The molecule has 31 heavy (non-hydrogen) atoms. The molecule has 0 atom stereocenters. The maximum Gasteiger partial charge on any atom is 0.255 e. The van der Waals surface area contributed by atoms with Crippen LogP contribution in [0.1, 0.15) is 29.6 Å². The number of carbonyl (C=O) groups is 2. The van der Waals surface area contributed by atoms with Gasteiger partial charge in [-0.1, -0.05) is 18.0 Å². The normalized spacial score (nSPS) is 13.6. The SMILES string of the molecule is COc1cc(NC(=O)c2ccc(Cl)cc2)c(OC)cc1NC(=O)CN1CCCCC1.Cl. The van der Waals surface area contributed by atoms with E-state index in [-0.39, 0.29) is 24.2 Å². The third kappa shape index (κ3) is 6.75. The Morgan fingerprint density at radius 1 is 0.935 bits per heavy atom. The van der Waals surface area contributed by atoms with Crippen molar-refractivity contribution in [2.45, 2.75) is 19.3 Å². The number of carbonyl (C=O) groups excluding carboxylic acids is 2. The Morgan fingerprint density at radius 3 is 2.03 bits per heavy atom. The maximum atomic E-state index is 12.6. The van der Waals surface area contributed by atoms with Crippen molar-refractivity contribution in [1.29, 1.82) is 0 Å². The van der Waals surface area contributed by atoms with Gasteiger partial charge in [0.25, 0.3) is 5.91 Å². The van der Waals surface area contributed by atoms with Gasteiger partial charge in [0, 0.05) is 22.7 Å². The summed E-state index contributed by atoms with van der Waals surface area (Å²) in [6.45, 7) is 2.20. The topological polar surface area (TPSA) is 79.9 Å². The molecule has 0 aliphatic carbocycles. The molecule has 1 aliphatic heterocycles. The predicted molar refractivity (Wildman–Crippen MR) is 125 cm³/mol. The van der Waals surface area contributed by atoms with E-state index in [0.717, 1.165) is 25.9 Å². The minimum Gasteiger partial charge on any atom is -0.494 e. The van der Waals surface area contributed by atoms with Crippen LogP contribution in [0.2, 0.25) is 5.02 Å². The number of halogens is 2. The molecule has 9 heteroatoms. The second-order valence-corrected chi connectivity index (χ2v) is 7.54. The molecule has 0 unspecified atom stereocenters. The fourth-order valence-electron chi connectivity index (χ4n) is 3.40. The Labute approximate surface area is 193 Å². The second kappa shape index (κ2) is 11.8. The van der Waals surface area contributed by atoms with Crippen LogP contribution in [0.5, 0.6) is 11.5 Å². The molecule has 0 bridgehead atoms. The first-order valence-electron chi connectivity index (χ1n) is 9.85. The number of methoxy groups -OCH3 is 2. The second-order valence-electron chi connectivity index (χ2n) is 7.10. The molecule has 1 saturated heterocycles. The fraction of sp³-hybridized carbons (Fsp3) is 0.364. The number of nitrogens with one attached hydrogen (secondary N) is 2. The zero-order valence-corrected chi connectivity index (χ0v) is 19.1. The lowest BCUT2D eigenvalue weighted by Gasteiger charge is -2.25. The number of benzene rings is 2. The summed E-state index contributed by atoms with van der Waals surface area (Å²) in [4.78, 5) is 27.2. The number of hydrogen-bond donors (Lipinski definition) is 2. The molecule has 0 spiro atoms. The molecule has 7 nitrogen and oxygen atoms in total. The fourth-order valence-corrected chi connectivity index (χ4v) is 3.53. The van der Waals surface area contributed by atoms with Gasteiger partial charge in [0.2, 0.25) is 5.91 Å². The number of likely N-dealkylation sites (tertiary alicyclic amines) is 1. The van der Waals surface area contributed by atoms with Gasteiger partial charge in [-0.2, -0.15) is 0 Å². The van der Waals surface area contributed by atoms with E-state index in [9.17, 15) is 9.59 Å². The van der Waals surface area contributed by atoms with Gasteiger partial charge in [-0.3, -0.25) is 14.5 Å². The third-order valence-corrected chi connectivity index (χ3v) is 5.22. The zero-order chi connectivity index (χ0) is 21.5. The first-order chi connectivity index (χ1) is 14.5. The first kappa shape index (κ1) is 24.8. The molecule has 2 aromatic carbocycles. The summed E-state index contributed by atoms with van der Waals surface area (Å²) < 4.78 is 10.8. The third-order valence-electron chi connectivity index (χ3n) is 4.97. The van der Waals surface area contributed by atoms with Crippen molar-refractivity contribution in [3.8, 4) is 11.5 Å². The summed E-state index contributed by atoms with van der Waals surface area (Å²) in [5.41, 5.74) is 1.38. The Hall–Kier alpha value is -2.48. The highest BCUT2D eigenvalue weighted by Crippen LogP contribution is 2.36. The average molecular weight is 468 g/mol. The standard InChI is InChI=1S/C22H26ClN3O4.ClH/c1-29-19-13-18(25-22(28)15-6-8-16(23)9-7-15)20(30-2)12-17(19)24-21(27)14-26-10-4-3-5-11-26;/h6-9,12-13H,3-5,10-11,14H2,1-2H3,(H,24,27)(H,25,28);1H. The highest BCUT2D eigenvalue weighted by atomic mass is 35.5. The summed E-state index contributed by atoms with van der Waals surface area (Å²) in [7, 11) is 3.01. The number of rotatable bonds is 7. The van der Waals surface area contributed by atoms with Crippen molar-refractivity contribution in [3.05, 3.63) is 47.0 Å². The van der Waals surface area contributed by atoms with E-state index in [1.165, 1.54) is 20.6 Å². The Balaban J connectivity index is 0.00000341. The molecular formula is C22H27Cl2N3O4. The lowest BCUT2D eigenvalue weighted by Crippen LogP contribution is -2.36. The number of piperidine rings is 1. The summed E-state index contributed by atoms with van der Waals surface area (Å²) in [6.07, 6.45) is 3.45. The zero-order valence-electron chi connectivity index (χ0n) is 17.6. The minimum atomic E-state index is -0.311. The molecule has 2 N–H and O–H groups in total. The number of anilines is 2. The van der Waals surface area contributed by atoms with E-state index in [2.05, 4.69) is 15.5 Å². The monoisotopic (exact) mass is 467 g/mol. The number of hydrogen-bond acceptors (Lipinski definition) is 5. The summed E-state index contributed by atoms with van der Waals surface area (Å²) in [5.74, 6) is 0.407. The molecule has 1 heterocycles. The Kier molecular flexibility index (Phi) is 9.43.